The Morgan fingerprint density at radius 2 is 2.09 bits per heavy atom. The molecular weight excluding hydrogens is 316 g/mol. The molecule has 0 fully saturated rings. The van der Waals surface area contributed by atoms with E-state index in [1.807, 2.05) is 30.3 Å². The van der Waals surface area contributed by atoms with Crippen LogP contribution in [0.1, 0.15) is 16.6 Å². The van der Waals surface area contributed by atoms with E-state index in [9.17, 15) is 0 Å². The lowest BCUT2D eigenvalue weighted by molar-refractivity contribution is 0.556. The van der Waals surface area contributed by atoms with Crippen LogP contribution in [-0.2, 0) is 12.2 Å². The summed E-state index contributed by atoms with van der Waals surface area (Å²) in [6, 6.07) is 11.9. The van der Waals surface area contributed by atoms with Gasteiger partial charge in [0.1, 0.15) is 11.3 Å². The smallest absolute Gasteiger partial charge is 0.208 e. The Bertz CT molecular complexity index is 849. The van der Waals surface area contributed by atoms with Crippen molar-refractivity contribution in [3.05, 3.63) is 58.4 Å². The molecule has 5 nitrogen and oxygen atoms in total. The lowest BCUT2D eigenvalue weighted by Gasteiger charge is -1.91. The predicted molar refractivity (Wildman–Crippen MR) is 87.1 cm³/mol. The Hall–Kier alpha value is -2.12. The molecule has 0 aliphatic carbocycles. The summed E-state index contributed by atoms with van der Waals surface area (Å²) >= 11 is 3.24. The number of aromatic nitrogens is 4. The van der Waals surface area contributed by atoms with Crippen molar-refractivity contribution in [3.63, 3.8) is 0 Å². The van der Waals surface area contributed by atoms with Crippen LogP contribution < -0.4 is 0 Å². The predicted octanol–water partition coefficient (Wildman–Crippen LogP) is 3.89. The maximum Gasteiger partial charge on any atom is 0.208 e. The average Bonchev–Trinajstić information content (AvgIpc) is 3.26. The molecule has 3 heterocycles. The number of thioether (sulfide) groups is 1. The van der Waals surface area contributed by atoms with Crippen molar-refractivity contribution in [1.29, 1.82) is 0 Å². The van der Waals surface area contributed by atoms with Gasteiger partial charge in [0.15, 0.2) is 5.58 Å². The molecular formula is C15H12N4OS2. The fraction of sp³-hybridized carbons (Fsp3) is 0.133. The molecule has 1 aromatic carbocycles. The van der Waals surface area contributed by atoms with Crippen molar-refractivity contribution in [3.8, 4) is 0 Å². The van der Waals surface area contributed by atoms with Crippen molar-refractivity contribution in [1.82, 2.24) is 20.2 Å². The molecule has 0 amide bonds. The first-order chi connectivity index (χ1) is 10.9. The van der Waals surface area contributed by atoms with E-state index < -0.39 is 0 Å². The molecule has 0 unspecified atom stereocenters. The highest BCUT2D eigenvalue weighted by molar-refractivity contribution is 7.98. The van der Waals surface area contributed by atoms with Crippen molar-refractivity contribution in [2.24, 2.45) is 0 Å². The van der Waals surface area contributed by atoms with Crippen LogP contribution in [0.2, 0.25) is 0 Å². The van der Waals surface area contributed by atoms with Gasteiger partial charge in [-0.3, -0.25) is 5.10 Å². The molecule has 0 bridgehead atoms. The molecule has 4 rings (SSSR count). The second-order valence-electron chi connectivity index (χ2n) is 4.68. The summed E-state index contributed by atoms with van der Waals surface area (Å²) in [7, 11) is 0. The van der Waals surface area contributed by atoms with Crippen molar-refractivity contribution < 1.29 is 4.42 Å². The van der Waals surface area contributed by atoms with Gasteiger partial charge in [0.05, 0.1) is 5.75 Å². The molecule has 0 aliphatic heterocycles. The van der Waals surface area contributed by atoms with Gasteiger partial charge in [-0.25, -0.2) is 9.97 Å². The highest BCUT2D eigenvalue weighted by Gasteiger charge is 2.09. The molecule has 4 aromatic rings. The summed E-state index contributed by atoms with van der Waals surface area (Å²) in [5.74, 6) is 2.18. The Balaban J connectivity index is 1.42. The van der Waals surface area contributed by atoms with Crippen LogP contribution in [0, 0.1) is 0 Å². The maximum atomic E-state index is 5.69. The number of aromatic amines is 1. The number of H-pyrrole nitrogens is 1. The second-order valence-corrected chi connectivity index (χ2v) is 6.66. The van der Waals surface area contributed by atoms with Crippen molar-refractivity contribution >= 4 is 34.2 Å². The third-order valence-electron chi connectivity index (χ3n) is 3.10. The molecule has 0 atom stereocenters. The summed E-state index contributed by atoms with van der Waals surface area (Å²) in [5, 5.41) is 9.99. The Morgan fingerprint density at radius 3 is 2.95 bits per heavy atom. The number of nitrogens with one attached hydrogen (secondary N) is 1. The number of nitrogens with zero attached hydrogens (tertiary/aromatic N) is 3. The maximum absolute atomic E-state index is 5.69. The Labute approximate surface area is 134 Å². The molecule has 1 N–H and O–H groups in total. The molecule has 7 heteroatoms. The van der Waals surface area contributed by atoms with Gasteiger partial charge in [0.2, 0.25) is 11.0 Å². The molecule has 22 heavy (non-hydrogen) atoms. The first-order valence-corrected chi connectivity index (χ1v) is 8.64. The molecule has 0 saturated carbocycles. The average molecular weight is 328 g/mol. The van der Waals surface area contributed by atoms with Gasteiger partial charge < -0.3 is 4.42 Å². The third-order valence-corrected chi connectivity index (χ3v) is 4.80. The number of hydrogen-bond donors (Lipinski definition) is 1. The zero-order valence-electron chi connectivity index (χ0n) is 11.5. The lowest BCUT2D eigenvalue weighted by atomic mass is 10.3. The van der Waals surface area contributed by atoms with Gasteiger partial charge in [0.25, 0.3) is 0 Å². The van der Waals surface area contributed by atoms with Gasteiger partial charge in [-0.1, -0.05) is 30.0 Å². The topological polar surface area (TPSA) is 67.6 Å². The lowest BCUT2D eigenvalue weighted by Crippen LogP contribution is -1.87. The summed E-state index contributed by atoms with van der Waals surface area (Å²) in [4.78, 5) is 10.2. The van der Waals surface area contributed by atoms with Crippen molar-refractivity contribution in [2.45, 2.75) is 17.3 Å². The van der Waals surface area contributed by atoms with Gasteiger partial charge in [-0.15, -0.1) is 16.4 Å². The molecule has 0 aliphatic rings. The largest absolute Gasteiger partial charge is 0.440 e. The number of rotatable bonds is 5. The van der Waals surface area contributed by atoms with E-state index in [0.29, 0.717) is 16.8 Å². The highest BCUT2D eigenvalue weighted by Crippen LogP contribution is 2.22. The molecule has 110 valence electrons. The quantitative estimate of drug-likeness (QED) is 0.563. The van der Waals surface area contributed by atoms with E-state index in [-0.39, 0.29) is 0 Å². The highest BCUT2D eigenvalue weighted by atomic mass is 32.2. The fourth-order valence-corrected chi connectivity index (χ4v) is 3.48. The summed E-state index contributed by atoms with van der Waals surface area (Å²) < 4.78 is 5.69. The van der Waals surface area contributed by atoms with E-state index in [0.717, 1.165) is 23.3 Å². The first-order valence-electron chi connectivity index (χ1n) is 6.78. The van der Waals surface area contributed by atoms with Crippen LogP contribution in [-0.4, -0.2) is 20.2 Å². The van der Waals surface area contributed by atoms with Gasteiger partial charge >= 0.3 is 0 Å². The fourth-order valence-electron chi connectivity index (χ4n) is 2.11. The Kier molecular flexibility index (Phi) is 3.65. The van der Waals surface area contributed by atoms with Gasteiger partial charge in [0, 0.05) is 11.3 Å². The van der Waals surface area contributed by atoms with Crippen LogP contribution in [0.5, 0.6) is 0 Å². The van der Waals surface area contributed by atoms with E-state index in [2.05, 4.69) is 31.6 Å². The molecule has 0 spiro atoms. The second kappa shape index (κ2) is 5.94. The minimum Gasteiger partial charge on any atom is -0.440 e. The molecule has 0 radical (unpaired) electrons. The van der Waals surface area contributed by atoms with E-state index >= 15 is 0 Å². The summed E-state index contributed by atoms with van der Waals surface area (Å²) in [6.07, 6.45) is 0.786. The SMILES string of the molecule is c1csc(Cc2nc(SCc3nc4ccccc4o3)n[nH]2)c1. The number of hydrogen-bond acceptors (Lipinski definition) is 6. The Morgan fingerprint density at radius 1 is 1.14 bits per heavy atom. The van der Waals surface area contributed by atoms with Gasteiger partial charge in [-0.05, 0) is 23.6 Å². The molecule has 3 aromatic heterocycles. The number of benzene rings is 1. The number of oxazole rings is 1. The summed E-state index contributed by atoms with van der Waals surface area (Å²) in [5.41, 5.74) is 1.69. The standard InChI is InChI=1S/C15H12N4OS2/c1-2-6-12-11(5-1)16-14(20-12)9-22-15-17-13(18-19-15)8-10-4-3-7-21-10/h1-7H,8-9H2,(H,17,18,19). The van der Waals surface area contributed by atoms with E-state index in [1.54, 1.807) is 11.3 Å². The van der Waals surface area contributed by atoms with Crippen LogP contribution in [0.25, 0.3) is 11.1 Å². The number of fused-ring (bicyclic) bond motifs is 1. The van der Waals surface area contributed by atoms with E-state index in [1.165, 1.54) is 16.6 Å². The van der Waals surface area contributed by atoms with Gasteiger partial charge in [-0.2, -0.15) is 0 Å². The minimum absolute atomic E-state index is 0.616. The monoisotopic (exact) mass is 328 g/mol. The third kappa shape index (κ3) is 2.90. The zero-order valence-corrected chi connectivity index (χ0v) is 13.2. The minimum atomic E-state index is 0.616. The molecule has 0 saturated heterocycles. The van der Waals surface area contributed by atoms with E-state index in [4.69, 9.17) is 4.42 Å². The number of para-hydroxylation sites is 2. The zero-order chi connectivity index (χ0) is 14.8. The first kappa shape index (κ1) is 13.5. The van der Waals surface area contributed by atoms with Crippen molar-refractivity contribution in [2.75, 3.05) is 0 Å². The van der Waals surface area contributed by atoms with Crippen LogP contribution in [0.4, 0.5) is 0 Å². The summed E-state index contributed by atoms with van der Waals surface area (Å²) in [6.45, 7) is 0. The normalized spacial score (nSPS) is 11.3. The van der Waals surface area contributed by atoms with Crippen LogP contribution >= 0.6 is 23.1 Å². The van der Waals surface area contributed by atoms with Crippen LogP contribution in [0.3, 0.4) is 0 Å². The number of thiophene rings is 1. The van der Waals surface area contributed by atoms with Crippen LogP contribution in [0.15, 0.2) is 51.4 Å².